The van der Waals surface area contributed by atoms with Crippen molar-refractivity contribution in [2.24, 2.45) is 0 Å². The van der Waals surface area contributed by atoms with Crippen LogP contribution in [-0.2, 0) is 6.54 Å². The Kier molecular flexibility index (Phi) is 4.06. The van der Waals surface area contributed by atoms with E-state index in [2.05, 4.69) is 36.7 Å². The highest BCUT2D eigenvalue weighted by atomic mass is 35.5. The second-order valence-corrected chi connectivity index (χ2v) is 4.68. The molecule has 0 saturated carbocycles. The predicted octanol–water partition coefficient (Wildman–Crippen LogP) is 4.62. The molecule has 0 N–H and O–H groups in total. The molecule has 2 heteroatoms. The Bertz CT molecular complexity index is 548. The van der Waals surface area contributed by atoms with Gasteiger partial charge in [-0.1, -0.05) is 54.6 Å². The molecule has 2 aromatic carbocycles. The van der Waals surface area contributed by atoms with Gasteiger partial charge in [-0.05, 0) is 29.3 Å². The van der Waals surface area contributed by atoms with Crippen LogP contribution in [0, 0.1) is 0 Å². The van der Waals surface area contributed by atoms with Crippen LogP contribution in [0.5, 0.6) is 0 Å². The van der Waals surface area contributed by atoms with Crippen molar-refractivity contribution in [3.63, 3.8) is 0 Å². The molecule has 0 radical (unpaired) electrons. The first kappa shape index (κ1) is 12.7. The highest BCUT2D eigenvalue weighted by molar-refractivity contribution is 6.30. The Balaban J connectivity index is 2.21. The van der Waals surface area contributed by atoms with Gasteiger partial charge in [0, 0.05) is 24.3 Å². The van der Waals surface area contributed by atoms with Gasteiger partial charge in [0.1, 0.15) is 0 Å². The third-order valence-corrected chi connectivity index (χ3v) is 3.17. The van der Waals surface area contributed by atoms with E-state index in [4.69, 9.17) is 11.6 Å². The van der Waals surface area contributed by atoms with Crippen LogP contribution in [0.25, 0.3) is 6.08 Å². The van der Waals surface area contributed by atoms with E-state index in [1.807, 2.05) is 36.4 Å². The standard InChI is InChI=1S/C16H16ClN/c1-3-13-7-4-5-8-14(13)12-18(2)16-10-6-9-15(17)11-16/h3-11H,1,12H2,2H3. The molecule has 0 spiro atoms. The number of hydrogen-bond donors (Lipinski definition) is 0. The maximum Gasteiger partial charge on any atom is 0.0432 e. The van der Waals surface area contributed by atoms with Gasteiger partial charge in [-0.25, -0.2) is 0 Å². The molecule has 2 rings (SSSR count). The molecule has 0 aliphatic heterocycles. The summed E-state index contributed by atoms with van der Waals surface area (Å²) < 4.78 is 0. The Morgan fingerprint density at radius 2 is 1.94 bits per heavy atom. The number of nitrogens with zero attached hydrogens (tertiary/aromatic N) is 1. The summed E-state index contributed by atoms with van der Waals surface area (Å²) in [5.74, 6) is 0. The summed E-state index contributed by atoms with van der Waals surface area (Å²) >= 11 is 6.01. The van der Waals surface area contributed by atoms with Gasteiger partial charge >= 0.3 is 0 Å². The van der Waals surface area contributed by atoms with Crippen LogP contribution in [0.2, 0.25) is 5.02 Å². The van der Waals surface area contributed by atoms with Crippen LogP contribution >= 0.6 is 11.6 Å². The van der Waals surface area contributed by atoms with Gasteiger partial charge in [0.2, 0.25) is 0 Å². The normalized spacial score (nSPS) is 10.1. The fourth-order valence-corrected chi connectivity index (χ4v) is 2.12. The van der Waals surface area contributed by atoms with Gasteiger partial charge in [0.25, 0.3) is 0 Å². The van der Waals surface area contributed by atoms with Crippen LogP contribution in [0.15, 0.2) is 55.1 Å². The summed E-state index contributed by atoms with van der Waals surface area (Å²) in [5, 5.41) is 0.761. The first-order chi connectivity index (χ1) is 8.70. The van der Waals surface area contributed by atoms with Crippen molar-refractivity contribution in [2.45, 2.75) is 6.54 Å². The minimum Gasteiger partial charge on any atom is -0.370 e. The summed E-state index contributed by atoms with van der Waals surface area (Å²) in [6.07, 6.45) is 1.89. The molecule has 92 valence electrons. The summed E-state index contributed by atoms with van der Waals surface area (Å²) in [7, 11) is 2.06. The molecular weight excluding hydrogens is 242 g/mol. The molecule has 0 bridgehead atoms. The lowest BCUT2D eigenvalue weighted by molar-refractivity contribution is 0.921. The number of rotatable bonds is 4. The molecule has 0 heterocycles. The zero-order valence-electron chi connectivity index (χ0n) is 10.4. The zero-order valence-corrected chi connectivity index (χ0v) is 11.2. The lowest BCUT2D eigenvalue weighted by Crippen LogP contribution is -2.16. The molecule has 0 aliphatic carbocycles. The van der Waals surface area contributed by atoms with Crippen LogP contribution in [-0.4, -0.2) is 7.05 Å². The lowest BCUT2D eigenvalue weighted by Gasteiger charge is -2.20. The number of halogens is 1. The topological polar surface area (TPSA) is 3.24 Å². The first-order valence-electron chi connectivity index (χ1n) is 5.88. The SMILES string of the molecule is C=Cc1ccccc1CN(C)c1cccc(Cl)c1. The quantitative estimate of drug-likeness (QED) is 0.773. The van der Waals surface area contributed by atoms with Crippen LogP contribution in [0.3, 0.4) is 0 Å². The Morgan fingerprint density at radius 1 is 1.17 bits per heavy atom. The first-order valence-corrected chi connectivity index (χ1v) is 6.25. The zero-order chi connectivity index (χ0) is 13.0. The van der Waals surface area contributed by atoms with E-state index in [1.54, 1.807) is 0 Å². The monoisotopic (exact) mass is 257 g/mol. The Hall–Kier alpha value is -1.73. The molecule has 18 heavy (non-hydrogen) atoms. The molecular formula is C16H16ClN. The van der Waals surface area contributed by atoms with E-state index in [9.17, 15) is 0 Å². The lowest BCUT2D eigenvalue weighted by atomic mass is 10.1. The number of hydrogen-bond acceptors (Lipinski definition) is 1. The molecule has 0 aromatic heterocycles. The molecule has 0 fully saturated rings. The van der Waals surface area contributed by atoms with Crippen molar-refractivity contribution < 1.29 is 0 Å². The largest absolute Gasteiger partial charge is 0.370 e. The van der Waals surface area contributed by atoms with E-state index in [0.717, 1.165) is 17.3 Å². The summed E-state index contributed by atoms with van der Waals surface area (Å²) in [5.41, 5.74) is 3.54. The van der Waals surface area contributed by atoms with Crippen molar-refractivity contribution in [1.82, 2.24) is 0 Å². The van der Waals surface area contributed by atoms with Crippen molar-refractivity contribution in [1.29, 1.82) is 0 Å². The third kappa shape index (κ3) is 2.93. The molecule has 0 aliphatic rings. The summed E-state index contributed by atoms with van der Waals surface area (Å²) in [6.45, 7) is 4.68. The number of benzene rings is 2. The minimum absolute atomic E-state index is 0.761. The van der Waals surface area contributed by atoms with E-state index in [-0.39, 0.29) is 0 Å². The average Bonchev–Trinajstić information content (AvgIpc) is 2.39. The molecule has 0 atom stereocenters. The van der Waals surface area contributed by atoms with E-state index in [0.29, 0.717) is 0 Å². The maximum atomic E-state index is 6.01. The Labute approximate surface area is 113 Å². The average molecular weight is 258 g/mol. The highest BCUT2D eigenvalue weighted by Crippen LogP contribution is 2.21. The minimum atomic E-state index is 0.761. The second-order valence-electron chi connectivity index (χ2n) is 4.24. The van der Waals surface area contributed by atoms with E-state index >= 15 is 0 Å². The molecule has 0 unspecified atom stereocenters. The van der Waals surface area contributed by atoms with Gasteiger partial charge in [0.05, 0.1) is 0 Å². The van der Waals surface area contributed by atoms with Crippen LogP contribution in [0.4, 0.5) is 5.69 Å². The van der Waals surface area contributed by atoms with Gasteiger partial charge in [-0.2, -0.15) is 0 Å². The van der Waals surface area contributed by atoms with E-state index in [1.165, 1.54) is 11.1 Å². The van der Waals surface area contributed by atoms with Gasteiger partial charge < -0.3 is 4.90 Å². The van der Waals surface area contributed by atoms with Crippen LogP contribution < -0.4 is 4.90 Å². The molecule has 2 aromatic rings. The third-order valence-electron chi connectivity index (χ3n) is 2.93. The highest BCUT2D eigenvalue weighted by Gasteiger charge is 2.04. The molecule has 1 nitrogen and oxygen atoms in total. The van der Waals surface area contributed by atoms with E-state index < -0.39 is 0 Å². The van der Waals surface area contributed by atoms with Crippen molar-refractivity contribution in [2.75, 3.05) is 11.9 Å². The van der Waals surface area contributed by atoms with Gasteiger partial charge in [-0.3, -0.25) is 0 Å². The van der Waals surface area contributed by atoms with Crippen molar-refractivity contribution in [3.8, 4) is 0 Å². The van der Waals surface area contributed by atoms with Crippen LogP contribution in [0.1, 0.15) is 11.1 Å². The fraction of sp³-hybridized carbons (Fsp3) is 0.125. The smallest absolute Gasteiger partial charge is 0.0432 e. The second kappa shape index (κ2) is 5.74. The molecule has 0 amide bonds. The predicted molar refractivity (Wildman–Crippen MR) is 80.1 cm³/mol. The fourth-order valence-electron chi connectivity index (χ4n) is 1.94. The van der Waals surface area contributed by atoms with Crippen molar-refractivity contribution in [3.05, 3.63) is 71.3 Å². The summed E-state index contributed by atoms with van der Waals surface area (Å²) in [4.78, 5) is 2.17. The van der Waals surface area contributed by atoms with Gasteiger partial charge in [-0.15, -0.1) is 0 Å². The Morgan fingerprint density at radius 3 is 2.67 bits per heavy atom. The number of anilines is 1. The maximum absolute atomic E-state index is 6.01. The summed E-state index contributed by atoms with van der Waals surface area (Å²) in [6, 6.07) is 16.2. The van der Waals surface area contributed by atoms with Crippen molar-refractivity contribution >= 4 is 23.4 Å². The van der Waals surface area contributed by atoms with Gasteiger partial charge in [0.15, 0.2) is 0 Å². The molecule has 0 saturated heterocycles.